The van der Waals surface area contributed by atoms with Crippen LogP contribution in [0.1, 0.15) is 20.8 Å². The second kappa shape index (κ2) is 6.81. The summed E-state index contributed by atoms with van der Waals surface area (Å²) in [5.41, 5.74) is 0. The Morgan fingerprint density at radius 2 is 1.67 bits per heavy atom. The lowest BCUT2D eigenvalue weighted by Crippen LogP contribution is -2.48. The molecule has 0 N–H and O–H groups in total. The van der Waals surface area contributed by atoms with Gasteiger partial charge in [0.15, 0.2) is 0 Å². The highest BCUT2D eigenvalue weighted by molar-refractivity contribution is 6.64. The molecule has 0 heterocycles. The zero-order chi connectivity index (χ0) is 11.9. The van der Waals surface area contributed by atoms with Crippen molar-refractivity contribution in [3.8, 4) is 0 Å². The third-order valence-corrected chi connectivity index (χ3v) is 4.66. The minimum Gasteiger partial charge on any atom is -0.464 e. The third-order valence-electron chi connectivity index (χ3n) is 1.36. The number of hydrogen-bond donors (Lipinski definition) is 0. The molecule has 0 saturated heterocycles. The van der Waals surface area contributed by atoms with Gasteiger partial charge in [-0.3, -0.25) is 9.59 Å². The van der Waals surface area contributed by atoms with Gasteiger partial charge in [0, 0.05) is 26.3 Å². The highest BCUT2D eigenvalue weighted by Crippen LogP contribution is 2.17. The number of carbonyl (C=O) groups is 2. The van der Waals surface area contributed by atoms with Crippen molar-refractivity contribution >= 4 is 32.3 Å². The minimum absolute atomic E-state index is 0.201. The maximum Gasteiger partial charge on any atom is 0.637 e. The van der Waals surface area contributed by atoms with Gasteiger partial charge in [-0.2, -0.15) is 0 Å². The van der Waals surface area contributed by atoms with Crippen molar-refractivity contribution in [2.24, 2.45) is 0 Å². The van der Waals surface area contributed by atoms with E-state index in [-0.39, 0.29) is 11.9 Å². The summed E-state index contributed by atoms with van der Waals surface area (Å²) >= 11 is 5.56. The van der Waals surface area contributed by atoms with Crippen LogP contribution in [0.4, 0.5) is 0 Å². The fourth-order valence-electron chi connectivity index (χ4n) is 1.03. The van der Waals surface area contributed by atoms with Crippen LogP contribution in [-0.4, -0.2) is 33.2 Å². The standard InChI is InChI=1S/C8H15ClO5Si/c1-4-12-15(6-5-9,13-7(2)10)14-8(3)11/h4-6H2,1-3H3. The van der Waals surface area contributed by atoms with Gasteiger partial charge in [-0.15, -0.1) is 11.6 Å². The van der Waals surface area contributed by atoms with Crippen molar-refractivity contribution in [3.05, 3.63) is 0 Å². The largest absolute Gasteiger partial charge is 0.637 e. The maximum absolute atomic E-state index is 10.9. The zero-order valence-electron chi connectivity index (χ0n) is 9.04. The van der Waals surface area contributed by atoms with Gasteiger partial charge in [-0.1, -0.05) is 0 Å². The monoisotopic (exact) mass is 254 g/mol. The quantitative estimate of drug-likeness (QED) is 0.529. The van der Waals surface area contributed by atoms with Crippen molar-refractivity contribution in [3.63, 3.8) is 0 Å². The maximum atomic E-state index is 10.9. The topological polar surface area (TPSA) is 61.8 Å². The molecular weight excluding hydrogens is 240 g/mol. The molecule has 0 fully saturated rings. The van der Waals surface area contributed by atoms with E-state index in [9.17, 15) is 9.59 Å². The van der Waals surface area contributed by atoms with Crippen LogP contribution in [0.25, 0.3) is 0 Å². The lowest BCUT2D eigenvalue weighted by molar-refractivity contribution is -0.142. The van der Waals surface area contributed by atoms with Gasteiger partial charge in [0.05, 0.1) is 6.04 Å². The predicted molar refractivity (Wildman–Crippen MR) is 56.4 cm³/mol. The Hall–Kier alpha value is -0.593. The molecule has 0 bridgehead atoms. The van der Waals surface area contributed by atoms with E-state index >= 15 is 0 Å². The van der Waals surface area contributed by atoms with E-state index in [0.717, 1.165) is 0 Å². The molecule has 0 unspecified atom stereocenters. The smallest absolute Gasteiger partial charge is 0.464 e. The first-order chi connectivity index (χ1) is 6.95. The predicted octanol–water partition coefficient (Wildman–Crippen LogP) is 1.33. The fourth-order valence-corrected chi connectivity index (χ4v) is 3.78. The van der Waals surface area contributed by atoms with E-state index < -0.39 is 20.7 Å². The van der Waals surface area contributed by atoms with Crippen LogP contribution < -0.4 is 0 Å². The van der Waals surface area contributed by atoms with Crippen LogP contribution in [0.5, 0.6) is 0 Å². The van der Waals surface area contributed by atoms with Crippen LogP contribution in [0.3, 0.4) is 0 Å². The molecule has 0 atom stereocenters. The molecule has 0 rings (SSSR count). The lowest BCUT2D eigenvalue weighted by atomic mass is 10.9. The average Bonchev–Trinajstić information content (AvgIpc) is 2.01. The summed E-state index contributed by atoms with van der Waals surface area (Å²) in [6, 6.07) is 0.224. The number of rotatable bonds is 6. The van der Waals surface area contributed by atoms with Crippen LogP contribution in [0.2, 0.25) is 6.04 Å². The van der Waals surface area contributed by atoms with E-state index in [1.807, 2.05) is 0 Å². The minimum atomic E-state index is -3.25. The fraction of sp³-hybridized carbons (Fsp3) is 0.750. The Morgan fingerprint density at radius 1 is 1.20 bits per heavy atom. The molecule has 7 heteroatoms. The molecule has 0 spiro atoms. The van der Waals surface area contributed by atoms with E-state index in [2.05, 4.69) is 0 Å². The Kier molecular flexibility index (Phi) is 6.54. The van der Waals surface area contributed by atoms with E-state index in [0.29, 0.717) is 6.61 Å². The van der Waals surface area contributed by atoms with Crippen molar-refractivity contribution in [2.45, 2.75) is 26.8 Å². The van der Waals surface area contributed by atoms with Crippen LogP contribution in [0, 0.1) is 0 Å². The molecule has 0 radical (unpaired) electrons. The third kappa shape index (κ3) is 5.76. The highest BCUT2D eigenvalue weighted by atomic mass is 35.5. The molecule has 0 aromatic rings. The van der Waals surface area contributed by atoms with Gasteiger partial charge in [0.2, 0.25) is 0 Å². The van der Waals surface area contributed by atoms with Crippen LogP contribution in [-0.2, 0) is 22.9 Å². The summed E-state index contributed by atoms with van der Waals surface area (Å²) in [4.78, 5) is 21.8. The summed E-state index contributed by atoms with van der Waals surface area (Å²) in [6.07, 6.45) is 0. The van der Waals surface area contributed by atoms with Gasteiger partial charge in [0.1, 0.15) is 0 Å². The second-order valence-electron chi connectivity index (χ2n) is 2.74. The highest BCUT2D eigenvalue weighted by Gasteiger charge is 2.47. The summed E-state index contributed by atoms with van der Waals surface area (Å²) in [5.74, 6) is -0.879. The molecule has 0 aromatic carbocycles. The lowest BCUT2D eigenvalue weighted by Gasteiger charge is -2.26. The molecular formula is C8H15ClO5Si. The van der Waals surface area contributed by atoms with E-state index in [1.54, 1.807) is 6.92 Å². The van der Waals surface area contributed by atoms with Crippen LogP contribution >= 0.6 is 11.6 Å². The molecule has 0 aliphatic heterocycles. The Balaban J connectivity index is 4.69. The summed E-state index contributed by atoms with van der Waals surface area (Å²) in [6.45, 7) is 4.49. The normalized spacial score (nSPS) is 10.9. The average molecular weight is 255 g/mol. The number of hydrogen-bond acceptors (Lipinski definition) is 5. The second-order valence-corrected chi connectivity index (χ2v) is 5.68. The van der Waals surface area contributed by atoms with E-state index in [1.165, 1.54) is 13.8 Å². The van der Waals surface area contributed by atoms with Crippen molar-refractivity contribution in [2.75, 3.05) is 12.5 Å². The molecule has 0 aliphatic carbocycles. The summed E-state index contributed by atoms with van der Waals surface area (Å²) < 4.78 is 15.2. The molecule has 0 aromatic heterocycles. The molecule has 15 heavy (non-hydrogen) atoms. The van der Waals surface area contributed by atoms with Gasteiger partial charge in [-0.25, -0.2) is 0 Å². The Morgan fingerprint density at radius 3 is 1.93 bits per heavy atom. The molecule has 0 aliphatic rings. The molecule has 5 nitrogen and oxygen atoms in total. The number of halogens is 1. The van der Waals surface area contributed by atoms with Crippen molar-refractivity contribution < 1.29 is 22.9 Å². The number of alkyl halides is 1. The first-order valence-corrected chi connectivity index (χ1v) is 7.01. The molecule has 0 saturated carbocycles. The van der Waals surface area contributed by atoms with Gasteiger partial charge in [-0.05, 0) is 6.92 Å². The number of carbonyl (C=O) groups excluding carboxylic acids is 2. The van der Waals surface area contributed by atoms with Gasteiger partial charge in [0.25, 0.3) is 11.9 Å². The summed E-state index contributed by atoms with van der Waals surface area (Å²) in [7, 11) is -3.25. The molecule has 0 amide bonds. The van der Waals surface area contributed by atoms with Gasteiger partial charge < -0.3 is 13.3 Å². The van der Waals surface area contributed by atoms with Crippen molar-refractivity contribution in [1.29, 1.82) is 0 Å². The molecule has 88 valence electrons. The summed E-state index contributed by atoms with van der Waals surface area (Å²) in [5, 5.41) is 0. The first kappa shape index (κ1) is 14.4. The van der Waals surface area contributed by atoms with Gasteiger partial charge >= 0.3 is 8.80 Å². The van der Waals surface area contributed by atoms with Crippen molar-refractivity contribution in [1.82, 2.24) is 0 Å². The first-order valence-electron chi connectivity index (χ1n) is 4.55. The van der Waals surface area contributed by atoms with Crippen LogP contribution in [0.15, 0.2) is 0 Å². The SMILES string of the molecule is CCO[Si](CCCl)(OC(C)=O)OC(C)=O. The van der Waals surface area contributed by atoms with E-state index in [4.69, 9.17) is 24.9 Å². The Labute approximate surface area is 95.0 Å². The zero-order valence-corrected chi connectivity index (χ0v) is 10.8. The Bertz CT molecular complexity index is 209.